The van der Waals surface area contributed by atoms with Crippen LogP contribution in [-0.2, 0) is 33.2 Å². The Morgan fingerprint density at radius 2 is 0.981 bits per heavy atom. The first-order chi connectivity index (χ1) is 25.3. The first-order valence-electron chi connectivity index (χ1n) is 18.5. The molecular weight excluding hydrogens is 716 g/mol. The molecule has 0 spiro atoms. The topological polar surface area (TPSA) is 328 Å². The van der Waals surface area contributed by atoms with Crippen LogP contribution in [0.25, 0.3) is 0 Å². The second-order valence-corrected chi connectivity index (χ2v) is 15.3. The van der Waals surface area contributed by atoms with E-state index in [1.807, 2.05) is 0 Å². The molecule has 53 heavy (non-hydrogen) atoms. The van der Waals surface area contributed by atoms with Crippen LogP contribution in [0, 0.1) is 11.8 Å². The molecule has 6 fully saturated rings. The Kier molecular flexibility index (Phi) is 14.0. The van der Waals surface area contributed by atoms with Gasteiger partial charge < -0.3 is 99.5 Å². The van der Waals surface area contributed by atoms with Crippen LogP contribution >= 0.6 is 0 Å². The first-order valence-corrected chi connectivity index (χ1v) is 18.5. The van der Waals surface area contributed by atoms with Gasteiger partial charge in [0.05, 0.1) is 56.4 Å². The molecule has 0 aromatic heterocycles. The minimum absolute atomic E-state index is 0.0484. The molecule has 13 N–H and O–H groups in total. The summed E-state index contributed by atoms with van der Waals surface area (Å²) in [5, 5.41) is 135. The Hall–Kier alpha value is -0.800. The fourth-order valence-corrected chi connectivity index (χ4v) is 8.66. The van der Waals surface area contributed by atoms with Crippen LogP contribution < -0.4 is 0 Å². The van der Waals surface area contributed by atoms with Gasteiger partial charge in [0.1, 0.15) is 73.2 Å². The van der Waals surface area contributed by atoms with E-state index in [-0.39, 0.29) is 25.2 Å². The SMILES string of the molecule is OC[C@H]1O[C@@H](OC2CC(O)C3CC(O[C@@H]4O[C@H](CO)[C@@H](O)[C@H](O)[C@H]4O[C@@H]4O[C@H](CO)[C@@H](O)[C@H](O)[C@H]4O)C(C4CCC(O)CC4)OC3C2)[C@H](O)[C@@H](O)[C@@H]1O. The van der Waals surface area contributed by atoms with Crippen LogP contribution in [0.2, 0.25) is 0 Å². The number of rotatable bonds is 10. The van der Waals surface area contributed by atoms with Gasteiger partial charge in [-0.3, -0.25) is 0 Å². The van der Waals surface area contributed by atoms with Crippen molar-refractivity contribution in [1.29, 1.82) is 0 Å². The second-order valence-electron chi connectivity index (χ2n) is 15.3. The zero-order valence-electron chi connectivity index (χ0n) is 29.0. The van der Waals surface area contributed by atoms with Crippen LogP contribution in [-0.4, -0.2) is 215 Å². The molecule has 0 amide bonds. The average molecular weight is 773 g/mol. The van der Waals surface area contributed by atoms with Crippen molar-refractivity contribution >= 4 is 0 Å². The van der Waals surface area contributed by atoms with E-state index in [1.165, 1.54) is 0 Å². The minimum Gasteiger partial charge on any atom is -0.394 e. The zero-order chi connectivity index (χ0) is 38.3. The highest BCUT2D eigenvalue weighted by molar-refractivity contribution is 5.00. The molecule has 0 bridgehead atoms. The average Bonchev–Trinajstić information content (AvgIpc) is 3.15. The summed E-state index contributed by atoms with van der Waals surface area (Å²) in [6, 6.07) is 0. The summed E-state index contributed by atoms with van der Waals surface area (Å²) >= 11 is 0. The number of hydrogen-bond acceptors (Lipinski definition) is 20. The molecule has 21 atom stereocenters. The standard InChI is InChI=1S/C33H56O20/c34-8-18-21(39)24(42)27(45)31(50-18)47-13-5-15(38)14-7-17(29(48-16(14)6-13)11-1-3-12(37)4-2-11)49-33-30(26(44)23(41)20(10-36)52-33)53-32-28(46)25(43)22(40)19(9-35)51-32/h11-46H,1-10H2/t11?,12?,13?,14?,15?,16?,17?,18-,19-,20-,21-,22-,23-,24+,25+,26+,27-,28-,29?,30-,31-,32+,33-/m1/s1. The van der Waals surface area contributed by atoms with Gasteiger partial charge in [0.15, 0.2) is 18.9 Å². The van der Waals surface area contributed by atoms with Crippen molar-refractivity contribution in [3.05, 3.63) is 0 Å². The highest BCUT2D eigenvalue weighted by Gasteiger charge is 2.55. The van der Waals surface area contributed by atoms with Gasteiger partial charge in [-0.2, -0.15) is 0 Å². The van der Waals surface area contributed by atoms with Crippen molar-refractivity contribution in [1.82, 2.24) is 0 Å². The van der Waals surface area contributed by atoms with E-state index in [0.29, 0.717) is 25.7 Å². The van der Waals surface area contributed by atoms with E-state index in [0.717, 1.165) is 0 Å². The molecule has 6 aliphatic rings. The Bertz CT molecular complexity index is 1140. The van der Waals surface area contributed by atoms with E-state index < -0.39 is 154 Å². The number of fused-ring (bicyclic) bond motifs is 1. The third-order valence-corrected chi connectivity index (χ3v) is 11.8. The molecular formula is C33H56O20. The van der Waals surface area contributed by atoms with Gasteiger partial charge in [-0.1, -0.05) is 0 Å². The van der Waals surface area contributed by atoms with Gasteiger partial charge in [0.2, 0.25) is 0 Å². The fraction of sp³-hybridized carbons (Fsp3) is 1.00. The van der Waals surface area contributed by atoms with Gasteiger partial charge in [-0.15, -0.1) is 0 Å². The summed E-state index contributed by atoms with van der Waals surface area (Å²) in [4.78, 5) is 0. The highest BCUT2D eigenvalue weighted by atomic mass is 16.8. The molecule has 4 saturated heterocycles. The smallest absolute Gasteiger partial charge is 0.187 e. The van der Waals surface area contributed by atoms with Crippen LogP contribution in [0.5, 0.6) is 0 Å². The fourth-order valence-electron chi connectivity index (χ4n) is 8.66. The van der Waals surface area contributed by atoms with E-state index >= 15 is 0 Å². The molecule has 2 aliphatic carbocycles. The number of aliphatic hydroxyl groups excluding tert-OH is 13. The van der Waals surface area contributed by atoms with E-state index in [2.05, 4.69) is 0 Å². The van der Waals surface area contributed by atoms with E-state index in [4.69, 9.17) is 33.2 Å². The first kappa shape index (κ1) is 41.8. The lowest BCUT2D eigenvalue weighted by atomic mass is 9.73. The highest BCUT2D eigenvalue weighted by Crippen LogP contribution is 2.44. The maximum atomic E-state index is 11.4. The summed E-state index contributed by atoms with van der Waals surface area (Å²) in [5.74, 6) is -0.705. The van der Waals surface area contributed by atoms with Crippen LogP contribution in [0.4, 0.5) is 0 Å². The number of hydrogen-bond donors (Lipinski definition) is 13. The van der Waals surface area contributed by atoms with Crippen LogP contribution in [0.1, 0.15) is 44.9 Å². The van der Waals surface area contributed by atoms with Gasteiger partial charge in [-0.05, 0) is 38.0 Å². The lowest BCUT2D eigenvalue weighted by Gasteiger charge is -2.52. The summed E-state index contributed by atoms with van der Waals surface area (Å²) in [5.41, 5.74) is 0. The molecule has 0 radical (unpaired) electrons. The Morgan fingerprint density at radius 3 is 1.53 bits per heavy atom. The molecule has 308 valence electrons. The van der Waals surface area contributed by atoms with E-state index in [1.54, 1.807) is 0 Å². The predicted molar refractivity (Wildman–Crippen MR) is 170 cm³/mol. The van der Waals surface area contributed by atoms with Crippen molar-refractivity contribution in [3.8, 4) is 0 Å². The van der Waals surface area contributed by atoms with Crippen LogP contribution in [0.15, 0.2) is 0 Å². The lowest BCUT2D eigenvalue weighted by Crippen LogP contribution is -2.65. The third-order valence-electron chi connectivity index (χ3n) is 11.8. The Balaban J connectivity index is 1.21. The molecule has 20 heteroatoms. The van der Waals surface area contributed by atoms with Crippen LogP contribution in [0.3, 0.4) is 0 Å². The summed E-state index contributed by atoms with van der Waals surface area (Å²) in [7, 11) is 0. The molecule has 0 aromatic rings. The predicted octanol–water partition coefficient (Wildman–Crippen LogP) is -6.34. The minimum atomic E-state index is -1.86. The summed E-state index contributed by atoms with van der Waals surface area (Å²) < 4.78 is 41.9. The largest absolute Gasteiger partial charge is 0.394 e. The number of ether oxygens (including phenoxy) is 7. The summed E-state index contributed by atoms with van der Waals surface area (Å²) in [6.07, 6.45) is -25.8. The maximum absolute atomic E-state index is 11.4. The van der Waals surface area contributed by atoms with Gasteiger partial charge in [0.25, 0.3) is 0 Å². The van der Waals surface area contributed by atoms with Crippen molar-refractivity contribution in [2.45, 2.75) is 174 Å². The zero-order valence-corrected chi connectivity index (χ0v) is 29.0. The molecule has 0 aromatic carbocycles. The Morgan fingerprint density at radius 1 is 0.472 bits per heavy atom. The van der Waals surface area contributed by atoms with E-state index in [9.17, 15) is 66.4 Å². The monoisotopic (exact) mass is 772 g/mol. The molecule has 2 saturated carbocycles. The van der Waals surface area contributed by atoms with Gasteiger partial charge >= 0.3 is 0 Å². The van der Waals surface area contributed by atoms with Crippen molar-refractivity contribution in [3.63, 3.8) is 0 Å². The Labute approximate surface area is 305 Å². The lowest BCUT2D eigenvalue weighted by molar-refractivity contribution is -0.379. The van der Waals surface area contributed by atoms with Crippen molar-refractivity contribution < 1.29 is 99.5 Å². The van der Waals surface area contributed by atoms with Crippen molar-refractivity contribution in [2.75, 3.05) is 19.8 Å². The maximum Gasteiger partial charge on any atom is 0.187 e. The molecule has 20 nitrogen and oxygen atoms in total. The van der Waals surface area contributed by atoms with Crippen molar-refractivity contribution in [2.24, 2.45) is 11.8 Å². The van der Waals surface area contributed by atoms with Gasteiger partial charge in [-0.25, -0.2) is 0 Å². The third kappa shape index (κ3) is 8.72. The quantitative estimate of drug-likeness (QED) is 0.0982. The molecule has 4 aliphatic heterocycles. The molecule has 6 unspecified atom stereocenters. The normalized spacial score (nSPS) is 53.9. The molecule has 6 rings (SSSR count). The number of aliphatic hydroxyl groups is 13. The second kappa shape index (κ2) is 17.8. The molecule has 4 heterocycles. The summed E-state index contributed by atoms with van der Waals surface area (Å²) in [6.45, 7) is -2.12. The van der Waals surface area contributed by atoms with Gasteiger partial charge in [0, 0.05) is 18.8 Å².